The average Bonchev–Trinajstić information content (AvgIpc) is 2.81. The summed E-state index contributed by atoms with van der Waals surface area (Å²) in [5, 5.41) is 3.76. The fourth-order valence-corrected chi connectivity index (χ4v) is 4.22. The second kappa shape index (κ2) is 12.6. The standard InChI is InChI=1S/C28H30Cl2N2O3/c1-19(2)31-28(34)25(15-21-9-5-4-6-10-21)32(17-22-11-7-8-20(3)14-22)27(33)18-35-26-13-12-23(29)16-24(26)30/h4-14,16,19,25H,15,17-18H2,1-3H3,(H,31,34)/t25-/m1/s1. The zero-order valence-electron chi connectivity index (χ0n) is 20.1. The SMILES string of the molecule is Cc1cccc(CN(C(=O)COc2ccc(Cl)cc2Cl)[C@H](Cc2ccccc2)C(=O)NC(C)C)c1. The van der Waals surface area contributed by atoms with Crippen molar-refractivity contribution in [2.45, 2.75) is 45.8 Å². The molecule has 0 unspecified atom stereocenters. The predicted molar refractivity (Wildman–Crippen MR) is 141 cm³/mol. The number of hydrogen-bond acceptors (Lipinski definition) is 3. The van der Waals surface area contributed by atoms with Crippen LogP contribution in [0, 0.1) is 6.92 Å². The minimum Gasteiger partial charge on any atom is -0.482 e. The highest BCUT2D eigenvalue weighted by molar-refractivity contribution is 6.35. The minimum absolute atomic E-state index is 0.0687. The summed E-state index contributed by atoms with van der Waals surface area (Å²) < 4.78 is 5.74. The number of ether oxygens (including phenoxy) is 1. The summed E-state index contributed by atoms with van der Waals surface area (Å²) in [4.78, 5) is 28.5. The topological polar surface area (TPSA) is 58.6 Å². The van der Waals surface area contributed by atoms with E-state index in [1.165, 1.54) is 0 Å². The van der Waals surface area contributed by atoms with Crippen LogP contribution in [0.3, 0.4) is 0 Å². The molecule has 184 valence electrons. The number of halogens is 2. The molecule has 5 nitrogen and oxygen atoms in total. The van der Waals surface area contributed by atoms with E-state index in [2.05, 4.69) is 5.32 Å². The van der Waals surface area contributed by atoms with Crippen LogP contribution in [0.4, 0.5) is 0 Å². The van der Waals surface area contributed by atoms with Crippen molar-refractivity contribution in [1.82, 2.24) is 10.2 Å². The van der Waals surface area contributed by atoms with Gasteiger partial charge in [-0.15, -0.1) is 0 Å². The lowest BCUT2D eigenvalue weighted by Crippen LogP contribution is -2.52. The summed E-state index contributed by atoms with van der Waals surface area (Å²) in [6.45, 7) is 5.79. The van der Waals surface area contributed by atoms with Crippen molar-refractivity contribution in [3.05, 3.63) is 99.5 Å². The zero-order chi connectivity index (χ0) is 25.4. The molecule has 0 aliphatic rings. The van der Waals surface area contributed by atoms with E-state index in [9.17, 15) is 9.59 Å². The molecule has 0 aliphatic heterocycles. The quantitative estimate of drug-likeness (QED) is 0.370. The molecule has 0 aliphatic carbocycles. The Morgan fingerprint density at radius 2 is 1.66 bits per heavy atom. The molecule has 0 saturated heterocycles. The first-order chi connectivity index (χ1) is 16.7. The van der Waals surface area contributed by atoms with Crippen molar-refractivity contribution >= 4 is 35.0 Å². The number of nitrogens with one attached hydrogen (secondary N) is 1. The third-order valence-corrected chi connectivity index (χ3v) is 5.91. The maximum absolute atomic E-state index is 13.6. The van der Waals surface area contributed by atoms with Gasteiger partial charge in [0.15, 0.2) is 6.61 Å². The summed E-state index contributed by atoms with van der Waals surface area (Å²) in [5.74, 6) is -0.182. The van der Waals surface area contributed by atoms with Crippen LogP contribution in [0.25, 0.3) is 0 Å². The monoisotopic (exact) mass is 512 g/mol. The lowest BCUT2D eigenvalue weighted by atomic mass is 10.0. The summed E-state index contributed by atoms with van der Waals surface area (Å²) in [6, 6.07) is 21.6. The van der Waals surface area contributed by atoms with Crippen LogP contribution in [-0.4, -0.2) is 35.4 Å². The Morgan fingerprint density at radius 1 is 0.943 bits per heavy atom. The first kappa shape index (κ1) is 26.6. The third-order valence-electron chi connectivity index (χ3n) is 5.38. The molecular formula is C28H30Cl2N2O3. The number of rotatable bonds is 10. The zero-order valence-corrected chi connectivity index (χ0v) is 21.6. The van der Waals surface area contributed by atoms with E-state index in [0.717, 1.165) is 16.7 Å². The average molecular weight is 513 g/mol. The van der Waals surface area contributed by atoms with Gasteiger partial charge in [0.2, 0.25) is 5.91 Å². The molecule has 0 radical (unpaired) electrons. The highest BCUT2D eigenvalue weighted by atomic mass is 35.5. The smallest absolute Gasteiger partial charge is 0.261 e. The molecule has 0 saturated carbocycles. The van der Waals surface area contributed by atoms with Crippen molar-refractivity contribution in [2.75, 3.05) is 6.61 Å². The fraction of sp³-hybridized carbons (Fsp3) is 0.286. The molecule has 35 heavy (non-hydrogen) atoms. The largest absolute Gasteiger partial charge is 0.482 e. The number of carbonyl (C=O) groups is 2. The van der Waals surface area contributed by atoms with E-state index in [1.54, 1.807) is 23.1 Å². The molecule has 0 aromatic heterocycles. The van der Waals surface area contributed by atoms with Gasteiger partial charge in [-0.25, -0.2) is 0 Å². The van der Waals surface area contributed by atoms with E-state index in [0.29, 0.717) is 22.2 Å². The highest BCUT2D eigenvalue weighted by Crippen LogP contribution is 2.27. The van der Waals surface area contributed by atoms with E-state index < -0.39 is 6.04 Å². The Balaban J connectivity index is 1.92. The molecule has 7 heteroatoms. The van der Waals surface area contributed by atoms with E-state index in [1.807, 2.05) is 75.4 Å². The van der Waals surface area contributed by atoms with Crippen molar-refractivity contribution in [3.8, 4) is 5.75 Å². The first-order valence-corrected chi connectivity index (χ1v) is 12.3. The summed E-state index contributed by atoms with van der Waals surface area (Å²) in [5.41, 5.74) is 2.96. The number of aryl methyl sites for hydroxylation is 1. The van der Waals surface area contributed by atoms with Gasteiger partial charge < -0.3 is 15.0 Å². The summed E-state index contributed by atoms with van der Waals surface area (Å²) in [7, 11) is 0. The van der Waals surface area contributed by atoms with Gasteiger partial charge in [-0.1, -0.05) is 83.4 Å². The second-order valence-electron chi connectivity index (χ2n) is 8.74. The molecule has 0 spiro atoms. The van der Waals surface area contributed by atoms with E-state index >= 15 is 0 Å². The Hall–Kier alpha value is -3.02. The van der Waals surface area contributed by atoms with Gasteiger partial charge >= 0.3 is 0 Å². The number of carbonyl (C=O) groups excluding carboxylic acids is 2. The van der Waals surface area contributed by atoms with Crippen LogP contribution in [-0.2, 0) is 22.6 Å². The molecule has 2 amide bonds. The molecular weight excluding hydrogens is 483 g/mol. The van der Waals surface area contributed by atoms with Crippen molar-refractivity contribution in [2.24, 2.45) is 0 Å². The Labute approximate surface area is 217 Å². The maximum Gasteiger partial charge on any atom is 0.261 e. The lowest BCUT2D eigenvalue weighted by Gasteiger charge is -2.32. The Morgan fingerprint density at radius 3 is 2.31 bits per heavy atom. The number of benzene rings is 3. The molecule has 1 N–H and O–H groups in total. The van der Waals surface area contributed by atoms with Gasteiger partial charge in [0.1, 0.15) is 11.8 Å². The highest BCUT2D eigenvalue weighted by Gasteiger charge is 2.31. The van der Waals surface area contributed by atoms with Crippen molar-refractivity contribution in [3.63, 3.8) is 0 Å². The molecule has 0 heterocycles. The molecule has 3 aromatic rings. The molecule has 0 bridgehead atoms. The normalized spacial score (nSPS) is 11.7. The van der Waals surface area contributed by atoms with Crippen LogP contribution in [0.2, 0.25) is 10.0 Å². The molecule has 3 rings (SSSR count). The van der Waals surface area contributed by atoms with Gasteiger partial charge in [0.05, 0.1) is 5.02 Å². The van der Waals surface area contributed by atoms with Gasteiger partial charge in [-0.2, -0.15) is 0 Å². The van der Waals surface area contributed by atoms with E-state index in [-0.39, 0.29) is 31.0 Å². The fourth-order valence-electron chi connectivity index (χ4n) is 3.76. The van der Waals surface area contributed by atoms with Gasteiger partial charge in [0.25, 0.3) is 5.91 Å². The second-order valence-corrected chi connectivity index (χ2v) is 9.59. The first-order valence-electron chi connectivity index (χ1n) is 11.5. The van der Waals surface area contributed by atoms with Crippen LogP contribution >= 0.6 is 23.2 Å². The van der Waals surface area contributed by atoms with Crippen LogP contribution in [0.5, 0.6) is 5.75 Å². The van der Waals surface area contributed by atoms with Gasteiger partial charge in [-0.05, 0) is 50.1 Å². The molecule has 0 fully saturated rings. The number of amides is 2. The maximum atomic E-state index is 13.6. The summed E-state index contributed by atoms with van der Waals surface area (Å²) in [6.07, 6.45) is 0.374. The van der Waals surface area contributed by atoms with Gasteiger partial charge in [-0.3, -0.25) is 9.59 Å². The van der Waals surface area contributed by atoms with Crippen molar-refractivity contribution in [1.29, 1.82) is 0 Å². The summed E-state index contributed by atoms with van der Waals surface area (Å²) >= 11 is 12.2. The number of hydrogen-bond donors (Lipinski definition) is 1. The van der Waals surface area contributed by atoms with Gasteiger partial charge in [0, 0.05) is 24.0 Å². The van der Waals surface area contributed by atoms with E-state index in [4.69, 9.17) is 27.9 Å². The predicted octanol–water partition coefficient (Wildman–Crippen LogP) is 5.85. The minimum atomic E-state index is -0.725. The lowest BCUT2D eigenvalue weighted by molar-refractivity contribution is -0.143. The van der Waals surface area contributed by atoms with Crippen LogP contribution in [0.1, 0.15) is 30.5 Å². The number of nitrogens with zero attached hydrogens (tertiary/aromatic N) is 1. The van der Waals surface area contributed by atoms with Crippen LogP contribution in [0.15, 0.2) is 72.8 Å². The molecule has 1 atom stereocenters. The molecule has 3 aromatic carbocycles. The Bertz CT molecular complexity index is 1150. The van der Waals surface area contributed by atoms with Crippen molar-refractivity contribution < 1.29 is 14.3 Å². The Kier molecular flexibility index (Phi) is 9.58. The third kappa shape index (κ3) is 8.01. The van der Waals surface area contributed by atoms with Crippen LogP contribution < -0.4 is 10.1 Å².